The normalized spacial score (nSPS) is 17.8. The molecule has 3 rings (SSSR count). The molecule has 1 unspecified atom stereocenters. The number of rotatable bonds is 4. The molecule has 104 valence electrons. The van der Waals surface area contributed by atoms with Crippen molar-refractivity contribution in [3.63, 3.8) is 0 Å². The second-order valence-electron chi connectivity index (χ2n) is 5.59. The van der Waals surface area contributed by atoms with Crippen LogP contribution in [0.3, 0.4) is 0 Å². The summed E-state index contributed by atoms with van der Waals surface area (Å²) < 4.78 is 0. The quantitative estimate of drug-likeness (QED) is 0.924. The van der Waals surface area contributed by atoms with Crippen molar-refractivity contribution in [2.45, 2.75) is 25.7 Å². The minimum atomic E-state index is 0.732. The van der Waals surface area contributed by atoms with Crippen molar-refractivity contribution >= 4 is 0 Å². The predicted molar refractivity (Wildman–Crippen MR) is 80.7 cm³/mol. The fraction of sp³-hybridized carbons (Fsp3) is 0.412. The van der Waals surface area contributed by atoms with Crippen LogP contribution in [0.4, 0.5) is 0 Å². The van der Waals surface area contributed by atoms with Gasteiger partial charge in [-0.2, -0.15) is 0 Å². The average molecular weight is 267 g/mol. The highest BCUT2D eigenvalue weighted by molar-refractivity contribution is 5.24. The molecule has 0 saturated heterocycles. The molecule has 1 aliphatic carbocycles. The molecule has 1 heterocycles. The van der Waals surface area contributed by atoms with E-state index in [-0.39, 0.29) is 0 Å². The number of aromatic nitrogens is 2. The molecule has 1 aliphatic rings. The van der Waals surface area contributed by atoms with Crippen LogP contribution in [0.1, 0.15) is 29.1 Å². The molecule has 1 aromatic heterocycles. The van der Waals surface area contributed by atoms with Gasteiger partial charge in [0.1, 0.15) is 5.82 Å². The first kappa shape index (κ1) is 13.3. The first-order valence-electron chi connectivity index (χ1n) is 7.37. The molecule has 0 bridgehead atoms. The van der Waals surface area contributed by atoms with Gasteiger partial charge in [-0.25, -0.2) is 9.97 Å². The smallest absolute Gasteiger partial charge is 0.132 e. The molecule has 3 nitrogen and oxygen atoms in total. The summed E-state index contributed by atoms with van der Waals surface area (Å²) in [6.45, 7) is 1.09. The second-order valence-corrected chi connectivity index (χ2v) is 5.59. The lowest BCUT2D eigenvalue weighted by Crippen LogP contribution is -2.25. The number of fused-ring (bicyclic) bond motifs is 1. The Hall–Kier alpha value is -1.74. The summed E-state index contributed by atoms with van der Waals surface area (Å²) in [5.41, 5.74) is 3.88. The van der Waals surface area contributed by atoms with E-state index >= 15 is 0 Å². The van der Waals surface area contributed by atoms with E-state index in [9.17, 15) is 0 Å². The third kappa shape index (κ3) is 3.05. The van der Waals surface area contributed by atoms with E-state index in [0.29, 0.717) is 0 Å². The standard InChI is InChI=1S/C17H21N3/c1-18-11-14-7-8-16-15(9-14)12-19-17(20-16)10-13-5-3-2-4-6-13/h2-6,12,14,18H,7-11H2,1H3. The van der Waals surface area contributed by atoms with Gasteiger partial charge in [-0.1, -0.05) is 30.3 Å². The van der Waals surface area contributed by atoms with Gasteiger partial charge >= 0.3 is 0 Å². The Kier molecular flexibility index (Phi) is 4.07. The van der Waals surface area contributed by atoms with E-state index < -0.39 is 0 Å². The van der Waals surface area contributed by atoms with Gasteiger partial charge in [-0.3, -0.25) is 0 Å². The number of nitrogens with zero attached hydrogens (tertiary/aromatic N) is 2. The molecule has 0 amide bonds. The lowest BCUT2D eigenvalue weighted by atomic mass is 9.87. The van der Waals surface area contributed by atoms with E-state index in [1.54, 1.807) is 0 Å². The Morgan fingerprint density at radius 3 is 2.90 bits per heavy atom. The monoisotopic (exact) mass is 267 g/mol. The Bertz CT molecular complexity index is 566. The zero-order valence-electron chi connectivity index (χ0n) is 12.0. The summed E-state index contributed by atoms with van der Waals surface area (Å²) in [6.07, 6.45) is 6.31. The van der Waals surface area contributed by atoms with E-state index in [1.807, 2.05) is 19.3 Å². The van der Waals surface area contributed by atoms with Crippen LogP contribution in [0.25, 0.3) is 0 Å². The number of benzene rings is 1. The molecule has 2 aromatic rings. The average Bonchev–Trinajstić information content (AvgIpc) is 2.49. The van der Waals surface area contributed by atoms with Crippen LogP contribution in [0.5, 0.6) is 0 Å². The van der Waals surface area contributed by atoms with Crippen molar-refractivity contribution in [1.82, 2.24) is 15.3 Å². The lowest BCUT2D eigenvalue weighted by molar-refractivity contribution is 0.433. The summed E-state index contributed by atoms with van der Waals surface area (Å²) in [5.74, 6) is 1.68. The maximum Gasteiger partial charge on any atom is 0.132 e. The molecular formula is C17H21N3. The Balaban J connectivity index is 1.74. The Labute approximate surface area is 120 Å². The molecule has 0 radical (unpaired) electrons. The van der Waals surface area contributed by atoms with Crippen molar-refractivity contribution < 1.29 is 0 Å². The fourth-order valence-electron chi connectivity index (χ4n) is 2.95. The highest BCUT2D eigenvalue weighted by atomic mass is 14.9. The van der Waals surface area contributed by atoms with Crippen LogP contribution in [-0.2, 0) is 19.3 Å². The number of nitrogens with one attached hydrogen (secondary N) is 1. The molecule has 0 aliphatic heterocycles. The zero-order chi connectivity index (χ0) is 13.8. The maximum atomic E-state index is 4.77. The van der Waals surface area contributed by atoms with Gasteiger partial charge < -0.3 is 5.32 Å². The molecule has 0 saturated carbocycles. The van der Waals surface area contributed by atoms with Crippen molar-refractivity contribution in [2.75, 3.05) is 13.6 Å². The summed E-state index contributed by atoms with van der Waals surface area (Å²) >= 11 is 0. The first-order chi connectivity index (χ1) is 9.85. The molecule has 1 aromatic carbocycles. The van der Waals surface area contributed by atoms with E-state index in [2.05, 4.69) is 34.6 Å². The molecule has 1 N–H and O–H groups in total. The molecule has 0 spiro atoms. The van der Waals surface area contributed by atoms with E-state index in [1.165, 1.54) is 23.2 Å². The molecular weight excluding hydrogens is 246 g/mol. The van der Waals surface area contributed by atoms with E-state index in [4.69, 9.17) is 4.98 Å². The van der Waals surface area contributed by atoms with Gasteiger partial charge in [0.15, 0.2) is 0 Å². The van der Waals surface area contributed by atoms with Crippen LogP contribution in [-0.4, -0.2) is 23.6 Å². The van der Waals surface area contributed by atoms with Gasteiger partial charge in [0, 0.05) is 18.3 Å². The Morgan fingerprint density at radius 1 is 1.25 bits per heavy atom. The highest BCUT2D eigenvalue weighted by Gasteiger charge is 2.19. The van der Waals surface area contributed by atoms with Crippen molar-refractivity contribution in [3.8, 4) is 0 Å². The molecule has 1 atom stereocenters. The van der Waals surface area contributed by atoms with Crippen molar-refractivity contribution in [2.24, 2.45) is 5.92 Å². The summed E-state index contributed by atoms with van der Waals surface area (Å²) in [5, 5.41) is 3.27. The summed E-state index contributed by atoms with van der Waals surface area (Å²) in [4.78, 5) is 9.32. The SMILES string of the molecule is CNCC1CCc2nc(Cc3ccccc3)ncc2C1. The first-order valence-corrected chi connectivity index (χ1v) is 7.37. The van der Waals surface area contributed by atoms with Gasteiger partial charge in [0.25, 0.3) is 0 Å². The zero-order valence-corrected chi connectivity index (χ0v) is 12.0. The maximum absolute atomic E-state index is 4.77. The summed E-state index contributed by atoms with van der Waals surface area (Å²) in [6, 6.07) is 10.4. The van der Waals surface area contributed by atoms with Crippen molar-refractivity contribution in [1.29, 1.82) is 0 Å². The van der Waals surface area contributed by atoms with Gasteiger partial charge in [0.05, 0.1) is 0 Å². The van der Waals surface area contributed by atoms with Crippen LogP contribution < -0.4 is 5.32 Å². The number of hydrogen-bond acceptors (Lipinski definition) is 3. The fourth-order valence-corrected chi connectivity index (χ4v) is 2.95. The second kappa shape index (κ2) is 6.14. The van der Waals surface area contributed by atoms with E-state index in [0.717, 1.165) is 37.5 Å². The minimum absolute atomic E-state index is 0.732. The molecule has 0 fully saturated rings. The third-order valence-electron chi connectivity index (χ3n) is 4.00. The largest absolute Gasteiger partial charge is 0.319 e. The predicted octanol–water partition coefficient (Wildman–Crippen LogP) is 2.39. The van der Waals surface area contributed by atoms with Crippen LogP contribution in [0.15, 0.2) is 36.5 Å². The Morgan fingerprint density at radius 2 is 2.10 bits per heavy atom. The van der Waals surface area contributed by atoms with Crippen LogP contribution in [0.2, 0.25) is 0 Å². The lowest BCUT2D eigenvalue weighted by Gasteiger charge is -2.23. The van der Waals surface area contributed by atoms with Gasteiger partial charge in [-0.05, 0) is 49.9 Å². The molecule has 3 heteroatoms. The van der Waals surface area contributed by atoms with Gasteiger partial charge in [0.2, 0.25) is 0 Å². The number of hydrogen-bond donors (Lipinski definition) is 1. The highest BCUT2D eigenvalue weighted by Crippen LogP contribution is 2.23. The van der Waals surface area contributed by atoms with Gasteiger partial charge in [-0.15, -0.1) is 0 Å². The topological polar surface area (TPSA) is 37.8 Å². The van der Waals surface area contributed by atoms with Crippen LogP contribution in [0, 0.1) is 5.92 Å². The third-order valence-corrected chi connectivity index (χ3v) is 4.00. The van der Waals surface area contributed by atoms with Crippen LogP contribution >= 0.6 is 0 Å². The summed E-state index contributed by atoms with van der Waals surface area (Å²) in [7, 11) is 2.02. The van der Waals surface area contributed by atoms with Crippen molar-refractivity contribution in [3.05, 3.63) is 59.2 Å². The minimum Gasteiger partial charge on any atom is -0.319 e. The molecule has 20 heavy (non-hydrogen) atoms. The number of aryl methyl sites for hydroxylation is 1.